The normalized spacial score (nSPS) is 23.2. The van der Waals surface area contributed by atoms with Gasteiger partial charge >= 0.3 is 6.03 Å². The summed E-state index contributed by atoms with van der Waals surface area (Å²) in [6.07, 6.45) is 4.28. The minimum Gasteiger partial charge on any atom is -0.335 e. The lowest BCUT2D eigenvalue weighted by Gasteiger charge is -2.35. The molecule has 3 rings (SSSR count). The molecule has 4 heteroatoms. The van der Waals surface area contributed by atoms with Crippen molar-refractivity contribution < 1.29 is 4.79 Å². The van der Waals surface area contributed by atoms with Crippen LogP contribution in [0.25, 0.3) is 0 Å². The molecule has 1 saturated carbocycles. The maximum absolute atomic E-state index is 12.2. The fourth-order valence-corrected chi connectivity index (χ4v) is 2.61. The third-order valence-corrected chi connectivity index (χ3v) is 3.97. The molecule has 1 aromatic rings. The Hall–Kier alpha value is -1.55. The fourth-order valence-electron chi connectivity index (χ4n) is 2.61. The van der Waals surface area contributed by atoms with Gasteiger partial charge in [0.15, 0.2) is 0 Å². The summed E-state index contributed by atoms with van der Waals surface area (Å²) in [4.78, 5) is 14.1. The third kappa shape index (κ3) is 1.97. The topological polar surface area (TPSA) is 58.4 Å². The van der Waals surface area contributed by atoms with Gasteiger partial charge in [0, 0.05) is 18.6 Å². The Morgan fingerprint density at radius 1 is 1.28 bits per heavy atom. The van der Waals surface area contributed by atoms with Crippen LogP contribution in [0, 0.1) is 0 Å². The fraction of sp³-hybridized carbons (Fsp3) is 0.500. The molecule has 1 atom stereocenters. The van der Waals surface area contributed by atoms with Crippen molar-refractivity contribution in [3.05, 3.63) is 29.8 Å². The Morgan fingerprint density at radius 2 is 2.06 bits per heavy atom. The van der Waals surface area contributed by atoms with Crippen LogP contribution < -0.4 is 16.0 Å². The van der Waals surface area contributed by atoms with Crippen LogP contribution in [0.3, 0.4) is 0 Å². The monoisotopic (exact) mass is 245 g/mol. The van der Waals surface area contributed by atoms with Crippen LogP contribution in [0.15, 0.2) is 24.3 Å². The number of nitrogens with zero attached hydrogens (tertiary/aromatic N) is 1. The number of fused-ring (bicyclic) bond motifs is 1. The van der Waals surface area contributed by atoms with E-state index in [2.05, 4.69) is 5.32 Å². The summed E-state index contributed by atoms with van der Waals surface area (Å²) >= 11 is 0. The number of hydrogen-bond donors (Lipinski definition) is 2. The summed E-state index contributed by atoms with van der Waals surface area (Å²) in [5.41, 5.74) is 8.13. The highest BCUT2D eigenvalue weighted by Crippen LogP contribution is 2.32. The second kappa shape index (κ2) is 4.61. The maximum atomic E-state index is 12.2. The zero-order chi connectivity index (χ0) is 12.5. The van der Waals surface area contributed by atoms with Crippen LogP contribution in [0.4, 0.5) is 10.5 Å². The number of carbonyl (C=O) groups is 1. The zero-order valence-electron chi connectivity index (χ0n) is 10.4. The molecule has 2 aliphatic rings. The molecule has 18 heavy (non-hydrogen) atoms. The molecule has 0 aromatic heterocycles. The largest absolute Gasteiger partial charge is 0.335 e. The van der Waals surface area contributed by atoms with Crippen molar-refractivity contribution in [2.45, 2.75) is 37.8 Å². The Kier molecular flexibility index (Phi) is 2.96. The number of hydrogen-bond acceptors (Lipinski definition) is 2. The molecular weight excluding hydrogens is 226 g/mol. The Morgan fingerprint density at radius 3 is 2.78 bits per heavy atom. The molecule has 4 nitrogen and oxygen atoms in total. The third-order valence-electron chi connectivity index (χ3n) is 3.97. The zero-order valence-corrected chi connectivity index (χ0v) is 10.4. The molecule has 0 bridgehead atoms. The molecule has 3 N–H and O–H groups in total. The van der Waals surface area contributed by atoms with E-state index in [1.54, 1.807) is 0 Å². The summed E-state index contributed by atoms with van der Waals surface area (Å²) in [7, 11) is 0. The quantitative estimate of drug-likeness (QED) is 0.796. The molecule has 2 amide bonds. The summed E-state index contributed by atoms with van der Waals surface area (Å²) in [6.45, 7) is 0.705. The van der Waals surface area contributed by atoms with Gasteiger partial charge in [0.05, 0.1) is 5.69 Å². The van der Waals surface area contributed by atoms with Crippen molar-refractivity contribution in [2.75, 3.05) is 11.4 Å². The first kappa shape index (κ1) is 11.5. The minimum absolute atomic E-state index is 0.0269. The summed E-state index contributed by atoms with van der Waals surface area (Å²) in [6, 6.07) is 8.39. The van der Waals surface area contributed by atoms with Gasteiger partial charge in [-0.15, -0.1) is 0 Å². The predicted octanol–water partition coefficient (Wildman–Crippen LogP) is 2.16. The van der Waals surface area contributed by atoms with Gasteiger partial charge in [-0.1, -0.05) is 18.2 Å². The van der Waals surface area contributed by atoms with E-state index in [0.29, 0.717) is 12.6 Å². The van der Waals surface area contributed by atoms with E-state index in [-0.39, 0.29) is 12.1 Å². The molecule has 0 radical (unpaired) electrons. The molecule has 1 fully saturated rings. The van der Waals surface area contributed by atoms with Crippen molar-refractivity contribution >= 4 is 11.7 Å². The number of nitrogens with two attached hydrogens (primary N) is 1. The summed E-state index contributed by atoms with van der Waals surface area (Å²) in [5, 5.41) is 3.09. The van der Waals surface area contributed by atoms with Crippen molar-refractivity contribution in [1.29, 1.82) is 0 Å². The molecule has 1 unspecified atom stereocenters. The maximum Gasteiger partial charge on any atom is 0.322 e. The van der Waals surface area contributed by atoms with Gasteiger partial charge in [0.2, 0.25) is 0 Å². The number of carbonyl (C=O) groups excluding carboxylic acids is 1. The second-order valence-corrected chi connectivity index (χ2v) is 5.18. The van der Waals surface area contributed by atoms with E-state index >= 15 is 0 Å². The van der Waals surface area contributed by atoms with Crippen LogP contribution in [-0.2, 0) is 0 Å². The van der Waals surface area contributed by atoms with Crippen LogP contribution >= 0.6 is 0 Å². The smallest absolute Gasteiger partial charge is 0.322 e. The van der Waals surface area contributed by atoms with Gasteiger partial charge in [-0.05, 0) is 37.3 Å². The van der Waals surface area contributed by atoms with E-state index in [4.69, 9.17) is 5.73 Å². The number of urea groups is 1. The number of nitrogens with one attached hydrogen (secondary N) is 1. The van der Waals surface area contributed by atoms with Crippen molar-refractivity contribution in [3.8, 4) is 0 Å². The highest BCUT2D eigenvalue weighted by molar-refractivity contribution is 5.93. The molecule has 0 saturated heterocycles. The molecule has 1 heterocycles. The highest BCUT2D eigenvalue weighted by atomic mass is 16.2. The summed E-state index contributed by atoms with van der Waals surface area (Å²) < 4.78 is 0. The summed E-state index contributed by atoms with van der Waals surface area (Å²) in [5.74, 6) is 0. The van der Waals surface area contributed by atoms with E-state index in [0.717, 1.165) is 30.5 Å². The predicted molar refractivity (Wildman–Crippen MR) is 71.5 cm³/mol. The Balaban J connectivity index is 1.80. The molecule has 96 valence electrons. The number of anilines is 1. The lowest BCUT2D eigenvalue weighted by molar-refractivity contribution is 0.233. The first-order chi connectivity index (χ1) is 8.75. The van der Waals surface area contributed by atoms with E-state index in [1.165, 1.54) is 6.42 Å². The van der Waals surface area contributed by atoms with Gasteiger partial charge < -0.3 is 11.1 Å². The molecule has 1 aromatic carbocycles. The second-order valence-electron chi connectivity index (χ2n) is 5.18. The average molecular weight is 245 g/mol. The molecule has 0 spiro atoms. The van der Waals surface area contributed by atoms with Gasteiger partial charge in [-0.25, -0.2) is 4.79 Å². The van der Waals surface area contributed by atoms with Crippen LogP contribution in [-0.4, -0.2) is 18.6 Å². The number of benzene rings is 1. The van der Waals surface area contributed by atoms with Gasteiger partial charge in [0.1, 0.15) is 0 Å². The van der Waals surface area contributed by atoms with E-state index < -0.39 is 0 Å². The van der Waals surface area contributed by atoms with Gasteiger partial charge in [-0.3, -0.25) is 4.90 Å². The van der Waals surface area contributed by atoms with Crippen LogP contribution in [0.1, 0.15) is 37.3 Å². The first-order valence-corrected chi connectivity index (χ1v) is 6.68. The lowest BCUT2D eigenvalue weighted by atomic mass is 9.93. The Bertz CT molecular complexity index is 456. The minimum atomic E-state index is 0.0269. The van der Waals surface area contributed by atoms with Gasteiger partial charge in [-0.2, -0.15) is 0 Å². The molecular formula is C14H19N3O. The average Bonchev–Trinajstić information content (AvgIpc) is 2.34. The van der Waals surface area contributed by atoms with Gasteiger partial charge in [0.25, 0.3) is 0 Å². The standard InChI is InChI=1S/C14H19N3O/c15-12-8-9-17(13-7-2-1-6-11(12)13)14(18)16-10-4-3-5-10/h1-2,6-7,10,12H,3-5,8-9,15H2,(H,16,18). The van der Waals surface area contributed by atoms with Crippen LogP contribution in [0.5, 0.6) is 0 Å². The van der Waals surface area contributed by atoms with E-state index in [1.807, 2.05) is 29.2 Å². The Labute approximate surface area is 107 Å². The SMILES string of the molecule is NC1CCN(C(=O)NC2CCC2)c2ccccc21. The van der Waals surface area contributed by atoms with Crippen LogP contribution in [0.2, 0.25) is 0 Å². The highest BCUT2D eigenvalue weighted by Gasteiger charge is 2.28. The molecule has 1 aliphatic heterocycles. The molecule has 1 aliphatic carbocycles. The number of para-hydroxylation sites is 1. The van der Waals surface area contributed by atoms with Crippen molar-refractivity contribution in [2.24, 2.45) is 5.73 Å². The van der Waals surface area contributed by atoms with Crippen molar-refractivity contribution in [3.63, 3.8) is 0 Å². The number of rotatable bonds is 1. The number of amides is 2. The first-order valence-electron chi connectivity index (χ1n) is 6.68. The van der Waals surface area contributed by atoms with E-state index in [9.17, 15) is 4.79 Å². The van der Waals surface area contributed by atoms with Crippen molar-refractivity contribution in [1.82, 2.24) is 5.32 Å². The lowest BCUT2D eigenvalue weighted by Crippen LogP contribution is -2.49.